The van der Waals surface area contributed by atoms with Gasteiger partial charge >= 0.3 is 0 Å². The van der Waals surface area contributed by atoms with E-state index in [0.29, 0.717) is 0 Å². The highest BCUT2D eigenvalue weighted by Crippen LogP contribution is 1.80. The first kappa shape index (κ1) is 10.4. The average Bonchev–Trinajstić information content (AvgIpc) is 1.99. The molecule has 0 aromatic carbocycles. The lowest BCUT2D eigenvalue weighted by Gasteiger charge is -2.13. The summed E-state index contributed by atoms with van der Waals surface area (Å²) < 4.78 is 0. The van der Waals surface area contributed by atoms with Crippen LogP contribution in [0.4, 0.5) is 0 Å². The Morgan fingerprint density at radius 3 is 2.55 bits per heavy atom. The molecule has 0 bridgehead atoms. The Kier molecular flexibility index (Phi) is 4.81. The fourth-order valence-electron chi connectivity index (χ4n) is 0.484. The monoisotopic (exact) mass is 160 g/mol. The number of rotatable bonds is 4. The molecule has 1 unspecified atom stereocenters. The van der Waals surface area contributed by atoms with Gasteiger partial charge < -0.3 is 15.3 Å². The Bertz CT molecular complexity index is 126. The minimum atomic E-state index is -0.0149. The molecule has 0 aliphatic rings. The first-order chi connectivity index (χ1) is 5.07. The maximum absolute atomic E-state index is 10.9. The molecule has 0 saturated heterocycles. The fraction of sp³-hybridized carbons (Fsp3) is 0.857. The number of hydrogen-bond donors (Lipinski definition) is 2. The van der Waals surface area contributed by atoms with Crippen LogP contribution in [0.2, 0.25) is 0 Å². The van der Waals surface area contributed by atoms with E-state index in [0.717, 1.165) is 0 Å². The minimum Gasteiger partial charge on any atom is -0.395 e. The van der Waals surface area contributed by atoms with Crippen LogP contribution in [-0.2, 0) is 4.79 Å². The Morgan fingerprint density at radius 1 is 1.64 bits per heavy atom. The molecule has 4 nitrogen and oxygen atoms in total. The lowest BCUT2D eigenvalue weighted by molar-refractivity contribution is -0.127. The summed E-state index contributed by atoms with van der Waals surface area (Å²) in [7, 11) is 3.40. The summed E-state index contributed by atoms with van der Waals surface area (Å²) in [5, 5.41) is 11.5. The molecule has 2 N–H and O–H groups in total. The summed E-state index contributed by atoms with van der Waals surface area (Å²) in [5.74, 6) is 0.0188. The van der Waals surface area contributed by atoms with Crippen molar-refractivity contribution in [2.75, 3.05) is 27.2 Å². The van der Waals surface area contributed by atoms with Crippen LogP contribution in [0, 0.1) is 0 Å². The zero-order valence-electron chi connectivity index (χ0n) is 7.29. The summed E-state index contributed by atoms with van der Waals surface area (Å²) in [5.41, 5.74) is 0. The summed E-state index contributed by atoms with van der Waals surface area (Å²) in [6.07, 6.45) is 0. The van der Waals surface area contributed by atoms with Gasteiger partial charge in [-0.05, 0) is 6.92 Å². The van der Waals surface area contributed by atoms with Gasteiger partial charge in [-0.3, -0.25) is 4.79 Å². The molecule has 0 fully saturated rings. The molecule has 1 amide bonds. The van der Waals surface area contributed by atoms with Gasteiger partial charge in [-0.25, -0.2) is 0 Å². The van der Waals surface area contributed by atoms with Crippen molar-refractivity contribution in [1.82, 2.24) is 10.2 Å². The van der Waals surface area contributed by atoms with Crippen LogP contribution in [0.15, 0.2) is 0 Å². The molecule has 0 rings (SSSR count). The third-order valence-corrected chi connectivity index (χ3v) is 1.37. The van der Waals surface area contributed by atoms with Crippen molar-refractivity contribution < 1.29 is 9.90 Å². The topological polar surface area (TPSA) is 52.6 Å². The molecule has 1 atom stereocenters. The number of carbonyl (C=O) groups is 1. The van der Waals surface area contributed by atoms with Crippen molar-refractivity contribution in [3.05, 3.63) is 0 Å². The third-order valence-electron chi connectivity index (χ3n) is 1.37. The highest BCUT2D eigenvalue weighted by Gasteiger charge is 2.04. The Hall–Kier alpha value is -0.610. The summed E-state index contributed by atoms with van der Waals surface area (Å²) >= 11 is 0. The number of hydrogen-bond acceptors (Lipinski definition) is 3. The van der Waals surface area contributed by atoms with Gasteiger partial charge in [-0.15, -0.1) is 0 Å². The maximum Gasteiger partial charge on any atom is 0.236 e. The van der Waals surface area contributed by atoms with E-state index in [-0.39, 0.29) is 25.1 Å². The van der Waals surface area contributed by atoms with Crippen molar-refractivity contribution in [2.45, 2.75) is 13.0 Å². The average molecular weight is 160 g/mol. The van der Waals surface area contributed by atoms with E-state index in [1.807, 2.05) is 6.92 Å². The summed E-state index contributed by atoms with van der Waals surface area (Å²) in [6, 6.07) is -0.0149. The van der Waals surface area contributed by atoms with Crippen LogP contribution < -0.4 is 5.32 Å². The largest absolute Gasteiger partial charge is 0.395 e. The number of aliphatic hydroxyl groups excluding tert-OH is 1. The number of nitrogens with one attached hydrogen (secondary N) is 1. The van der Waals surface area contributed by atoms with E-state index in [2.05, 4.69) is 5.32 Å². The predicted octanol–water partition coefficient (Wildman–Crippen LogP) is -0.955. The van der Waals surface area contributed by atoms with E-state index in [9.17, 15) is 4.79 Å². The van der Waals surface area contributed by atoms with Gasteiger partial charge in [0.15, 0.2) is 0 Å². The molecule has 0 aromatic heterocycles. The third kappa shape index (κ3) is 4.75. The number of likely N-dealkylation sites (N-methyl/N-ethyl adjacent to an activating group) is 1. The SMILES string of the molecule is CC(CO)NCC(=O)N(C)C. The molecule has 4 heteroatoms. The van der Waals surface area contributed by atoms with Crippen LogP contribution >= 0.6 is 0 Å². The second-order valence-corrected chi connectivity index (χ2v) is 2.75. The van der Waals surface area contributed by atoms with Gasteiger partial charge in [0, 0.05) is 20.1 Å². The first-order valence-electron chi connectivity index (χ1n) is 3.62. The number of aliphatic hydroxyl groups is 1. The molecule has 0 heterocycles. The Labute approximate surface area is 67.2 Å². The number of carbonyl (C=O) groups excluding carboxylic acids is 1. The van der Waals surface area contributed by atoms with Gasteiger partial charge in [0.2, 0.25) is 5.91 Å². The highest BCUT2D eigenvalue weighted by atomic mass is 16.3. The normalized spacial score (nSPS) is 12.7. The Morgan fingerprint density at radius 2 is 2.18 bits per heavy atom. The van der Waals surface area contributed by atoms with Crippen molar-refractivity contribution in [2.24, 2.45) is 0 Å². The van der Waals surface area contributed by atoms with E-state index >= 15 is 0 Å². The quantitative estimate of drug-likeness (QED) is 0.557. The van der Waals surface area contributed by atoms with Crippen molar-refractivity contribution >= 4 is 5.91 Å². The van der Waals surface area contributed by atoms with E-state index in [1.165, 1.54) is 4.90 Å². The number of amides is 1. The lowest BCUT2D eigenvalue weighted by atomic mass is 10.3. The first-order valence-corrected chi connectivity index (χ1v) is 3.62. The molecule has 0 aliphatic carbocycles. The zero-order chi connectivity index (χ0) is 8.85. The molecular weight excluding hydrogens is 144 g/mol. The maximum atomic E-state index is 10.9. The molecule has 0 radical (unpaired) electrons. The van der Waals surface area contributed by atoms with Crippen LogP contribution in [0.1, 0.15) is 6.92 Å². The fourth-order valence-corrected chi connectivity index (χ4v) is 0.484. The van der Waals surface area contributed by atoms with E-state index < -0.39 is 0 Å². The van der Waals surface area contributed by atoms with Gasteiger partial charge in [0.1, 0.15) is 0 Å². The van der Waals surface area contributed by atoms with Crippen molar-refractivity contribution in [1.29, 1.82) is 0 Å². The predicted molar refractivity (Wildman–Crippen MR) is 43.2 cm³/mol. The van der Waals surface area contributed by atoms with Crippen LogP contribution in [0.25, 0.3) is 0 Å². The van der Waals surface area contributed by atoms with Gasteiger partial charge in [-0.2, -0.15) is 0 Å². The zero-order valence-corrected chi connectivity index (χ0v) is 7.29. The van der Waals surface area contributed by atoms with Crippen LogP contribution in [-0.4, -0.2) is 49.2 Å². The van der Waals surface area contributed by atoms with Crippen molar-refractivity contribution in [3.8, 4) is 0 Å². The van der Waals surface area contributed by atoms with Crippen LogP contribution in [0.5, 0.6) is 0 Å². The summed E-state index contributed by atoms with van der Waals surface area (Å²) in [6.45, 7) is 2.17. The smallest absolute Gasteiger partial charge is 0.236 e. The van der Waals surface area contributed by atoms with Crippen molar-refractivity contribution in [3.63, 3.8) is 0 Å². The molecule has 0 saturated carbocycles. The second-order valence-electron chi connectivity index (χ2n) is 2.75. The van der Waals surface area contributed by atoms with E-state index in [1.54, 1.807) is 14.1 Å². The molecule has 11 heavy (non-hydrogen) atoms. The lowest BCUT2D eigenvalue weighted by Crippen LogP contribution is -2.38. The Balaban J connectivity index is 3.46. The molecule has 0 aromatic rings. The molecular formula is C7H16N2O2. The van der Waals surface area contributed by atoms with E-state index in [4.69, 9.17) is 5.11 Å². The molecule has 0 aliphatic heterocycles. The number of nitrogens with zero attached hydrogens (tertiary/aromatic N) is 1. The minimum absolute atomic E-state index is 0.0149. The second kappa shape index (κ2) is 5.09. The van der Waals surface area contributed by atoms with Gasteiger partial charge in [0.25, 0.3) is 0 Å². The van der Waals surface area contributed by atoms with Gasteiger partial charge in [-0.1, -0.05) is 0 Å². The molecule has 0 spiro atoms. The van der Waals surface area contributed by atoms with Gasteiger partial charge in [0.05, 0.1) is 13.2 Å². The molecule has 66 valence electrons. The standard InChI is InChI=1S/C7H16N2O2/c1-6(5-10)8-4-7(11)9(2)3/h6,8,10H,4-5H2,1-3H3. The highest BCUT2D eigenvalue weighted by molar-refractivity contribution is 5.77. The van der Waals surface area contributed by atoms with Crippen LogP contribution in [0.3, 0.4) is 0 Å². The summed E-state index contributed by atoms with van der Waals surface area (Å²) in [4.78, 5) is 12.5.